The van der Waals surface area contributed by atoms with Crippen LogP contribution in [0.5, 0.6) is 17.2 Å². The highest BCUT2D eigenvalue weighted by Crippen LogP contribution is 2.31. The zero-order chi connectivity index (χ0) is 18.7. The lowest BCUT2D eigenvalue weighted by atomic mass is 9.98. The maximum absolute atomic E-state index is 12.5. The van der Waals surface area contributed by atoms with Crippen LogP contribution in [0.2, 0.25) is 0 Å². The second kappa shape index (κ2) is 7.27. The first kappa shape index (κ1) is 17.5. The van der Waals surface area contributed by atoms with Gasteiger partial charge in [0.05, 0.1) is 18.6 Å². The summed E-state index contributed by atoms with van der Waals surface area (Å²) in [5.74, 6) is -0.661. The summed E-state index contributed by atoms with van der Waals surface area (Å²) in [4.78, 5) is 23.3. The molecule has 0 saturated heterocycles. The largest absolute Gasteiger partial charge is 0.504 e. The Bertz CT molecular complexity index is 977. The number of para-hydroxylation sites is 1. The molecule has 3 rings (SSSR count). The quantitative estimate of drug-likeness (QED) is 0.426. The smallest absolute Gasteiger partial charge is 0.318 e. The molecular formula is C21H18O5. The number of phenolic OH excluding ortho intramolecular Hbond substituents is 1. The van der Waals surface area contributed by atoms with Crippen molar-refractivity contribution in [3.8, 4) is 17.2 Å². The van der Waals surface area contributed by atoms with Gasteiger partial charge in [-0.05, 0) is 47.5 Å². The molecule has 3 aromatic carbocycles. The first-order valence-electron chi connectivity index (χ1n) is 8.10. The van der Waals surface area contributed by atoms with Crippen LogP contribution in [0.1, 0.15) is 28.8 Å². The third-order valence-corrected chi connectivity index (χ3v) is 4.29. The van der Waals surface area contributed by atoms with Gasteiger partial charge in [-0.15, -0.1) is 0 Å². The minimum Gasteiger partial charge on any atom is -0.504 e. The second-order valence-corrected chi connectivity index (χ2v) is 5.93. The van der Waals surface area contributed by atoms with E-state index in [0.29, 0.717) is 6.29 Å². The van der Waals surface area contributed by atoms with Gasteiger partial charge in [-0.2, -0.15) is 0 Å². The molecule has 1 N–H and O–H groups in total. The SMILES string of the molecule is COc1ccc2cc(C(C)C(=O)Oc3cccc(C=O)c3O)ccc2c1. The number of benzene rings is 3. The highest BCUT2D eigenvalue weighted by molar-refractivity contribution is 5.88. The molecule has 1 atom stereocenters. The van der Waals surface area contributed by atoms with E-state index >= 15 is 0 Å². The van der Waals surface area contributed by atoms with E-state index in [2.05, 4.69) is 0 Å². The number of carbonyl (C=O) groups excluding carboxylic acids is 2. The van der Waals surface area contributed by atoms with Crippen molar-refractivity contribution in [1.29, 1.82) is 0 Å². The van der Waals surface area contributed by atoms with E-state index in [1.807, 2.05) is 36.4 Å². The van der Waals surface area contributed by atoms with Crippen LogP contribution >= 0.6 is 0 Å². The molecule has 0 spiro atoms. The summed E-state index contributed by atoms with van der Waals surface area (Å²) in [5.41, 5.74) is 0.862. The number of carbonyl (C=O) groups is 2. The topological polar surface area (TPSA) is 72.8 Å². The average molecular weight is 350 g/mol. The van der Waals surface area contributed by atoms with Gasteiger partial charge in [0.1, 0.15) is 5.75 Å². The number of methoxy groups -OCH3 is 1. The lowest BCUT2D eigenvalue weighted by Crippen LogP contribution is -2.16. The standard InChI is InChI=1S/C21H18O5/c1-13(21(24)26-19-5-3-4-17(12-22)20(19)23)14-6-7-16-11-18(25-2)9-8-15(16)10-14/h3-13,23H,1-2H3. The van der Waals surface area contributed by atoms with Gasteiger partial charge >= 0.3 is 5.97 Å². The molecule has 3 aromatic rings. The fourth-order valence-corrected chi connectivity index (χ4v) is 2.69. The first-order chi connectivity index (χ1) is 12.5. The van der Waals surface area contributed by atoms with Crippen LogP contribution in [0.25, 0.3) is 10.8 Å². The summed E-state index contributed by atoms with van der Waals surface area (Å²) in [6, 6.07) is 15.8. The molecule has 26 heavy (non-hydrogen) atoms. The highest BCUT2D eigenvalue weighted by atomic mass is 16.5. The van der Waals surface area contributed by atoms with Crippen LogP contribution in [0, 0.1) is 0 Å². The van der Waals surface area contributed by atoms with E-state index < -0.39 is 11.9 Å². The Hall–Kier alpha value is -3.34. The molecule has 5 heteroatoms. The molecule has 0 bridgehead atoms. The van der Waals surface area contributed by atoms with E-state index in [1.54, 1.807) is 20.1 Å². The van der Waals surface area contributed by atoms with Crippen molar-refractivity contribution >= 4 is 23.0 Å². The van der Waals surface area contributed by atoms with Crippen molar-refractivity contribution in [3.63, 3.8) is 0 Å². The molecule has 0 aliphatic rings. The van der Waals surface area contributed by atoms with Gasteiger partial charge < -0.3 is 14.6 Å². The Morgan fingerprint density at radius 2 is 1.81 bits per heavy atom. The van der Waals surface area contributed by atoms with Gasteiger partial charge in [-0.3, -0.25) is 9.59 Å². The third-order valence-electron chi connectivity index (χ3n) is 4.29. The first-order valence-corrected chi connectivity index (χ1v) is 8.10. The van der Waals surface area contributed by atoms with Crippen LogP contribution < -0.4 is 9.47 Å². The van der Waals surface area contributed by atoms with Crippen molar-refractivity contribution in [2.24, 2.45) is 0 Å². The van der Waals surface area contributed by atoms with Crippen LogP contribution in [0.3, 0.4) is 0 Å². The summed E-state index contributed by atoms with van der Waals surface area (Å²) >= 11 is 0. The van der Waals surface area contributed by atoms with E-state index in [4.69, 9.17) is 9.47 Å². The highest BCUT2D eigenvalue weighted by Gasteiger charge is 2.20. The lowest BCUT2D eigenvalue weighted by molar-refractivity contribution is -0.135. The van der Waals surface area contributed by atoms with Crippen LogP contribution in [0.15, 0.2) is 54.6 Å². The minimum absolute atomic E-state index is 0.0306. The molecule has 1 unspecified atom stereocenters. The molecule has 5 nitrogen and oxygen atoms in total. The monoisotopic (exact) mass is 350 g/mol. The third kappa shape index (κ3) is 3.37. The minimum atomic E-state index is -0.541. The van der Waals surface area contributed by atoms with Gasteiger partial charge in [-0.1, -0.05) is 30.3 Å². The maximum Gasteiger partial charge on any atom is 0.318 e. The number of aromatic hydroxyl groups is 1. The molecule has 132 valence electrons. The fraction of sp³-hybridized carbons (Fsp3) is 0.143. The number of aldehydes is 1. The zero-order valence-corrected chi connectivity index (χ0v) is 14.4. The van der Waals surface area contributed by atoms with Gasteiger partial charge in [0.15, 0.2) is 17.8 Å². The summed E-state index contributed by atoms with van der Waals surface area (Å²) in [6.45, 7) is 1.73. The van der Waals surface area contributed by atoms with Crippen molar-refractivity contribution in [3.05, 3.63) is 65.7 Å². The Balaban J connectivity index is 1.84. The molecule has 0 radical (unpaired) electrons. The second-order valence-electron chi connectivity index (χ2n) is 5.93. The number of phenols is 1. The van der Waals surface area contributed by atoms with Crippen LogP contribution in [-0.2, 0) is 4.79 Å². The number of ether oxygens (including phenoxy) is 2. The molecule has 0 amide bonds. The van der Waals surface area contributed by atoms with Crippen LogP contribution in [0.4, 0.5) is 0 Å². The van der Waals surface area contributed by atoms with Crippen LogP contribution in [-0.4, -0.2) is 24.5 Å². The van der Waals surface area contributed by atoms with E-state index in [1.165, 1.54) is 12.1 Å². The predicted molar refractivity (Wildman–Crippen MR) is 98.0 cm³/mol. The molecule has 0 aromatic heterocycles. The number of hydrogen-bond donors (Lipinski definition) is 1. The Labute approximate surface area is 150 Å². The van der Waals surface area contributed by atoms with Gasteiger partial charge in [0.25, 0.3) is 0 Å². The van der Waals surface area contributed by atoms with Gasteiger partial charge in [0, 0.05) is 0 Å². The summed E-state index contributed by atoms with van der Waals surface area (Å²) < 4.78 is 10.5. The normalized spacial score (nSPS) is 11.8. The Morgan fingerprint density at radius 1 is 1.08 bits per heavy atom. The van der Waals surface area contributed by atoms with Crippen molar-refractivity contribution < 1.29 is 24.2 Å². The summed E-state index contributed by atoms with van der Waals surface area (Å²) in [5, 5.41) is 11.9. The summed E-state index contributed by atoms with van der Waals surface area (Å²) in [7, 11) is 1.61. The molecule has 0 aliphatic carbocycles. The number of rotatable bonds is 5. The Kier molecular flexibility index (Phi) is 4.89. The maximum atomic E-state index is 12.5. The van der Waals surface area contributed by atoms with Crippen molar-refractivity contribution in [1.82, 2.24) is 0 Å². The molecule has 0 heterocycles. The number of hydrogen-bond acceptors (Lipinski definition) is 5. The zero-order valence-electron chi connectivity index (χ0n) is 14.4. The van der Waals surface area contributed by atoms with Crippen molar-refractivity contribution in [2.45, 2.75) is 12.8 Å². The predicted octanol–water partition coefficient (Wildman–Crippen LogP) is 4.08. The average Bonchev–Trinajstić information content (AvgIpc) is 2.68. The number of esters is 1. The lowest BCUT2D eigenvalue weighted by Gasteiger charge is -2.14. The van der Waals surface area contributed by atoms with Crippen molar-refractivity contribution in [2.75, 3.05) is 7.11 Å². The number of fused-ring (bicyclic) bond motifs is 1. The molecule has 0 aliphatic heterocycles. The van der Waals surface area contributed by atoms with E-state index in [9.17, 15) is 14.7 Å². The van der Waals surface area contributed by atoms with E-state index in [-0.39, 0.29) is 17.1 Å². The molecule has 0 saturated carbocycles. The summed E-state index contributed by atoms with van der Waals surface area (Å²) in [6.07, 6.45) is 0.508. The van der Waals surface area contributed by atoms with E-state index in [0.717, 1.165) is 22.1 Å². The van der Waals surface area contributed by atoms with Gasteiger partial charge in [-0.25, -0.2) is 0 Å². The van der Waals surface area contributed by atoms with Gasteiger partial charge in [0.2, 0.25) is 0 Å². The molecule has 0 fully saturated rings. The molecular weight excluding hydrogens is 332 g/mol. The Morgan fingerprint density at radius 3 is 2.54 bits per heavy atom. The fourth-order valence-electron chi connectivity index (χ4n) is 2.69.